The molecule has 0 spiro atoms. The van der Waals surface area contributed by atoms with Gasteiger partial charge >= 0.3 is 0 Å². The molecule has 10 rings (SSSR count). The Balaban J connectivity index is 1.10. The van der Waals surface area contributed by atoms with E-state index >= 15 is 8.78 Å². The van der Waals surface area contributed by atoms with Crippen molar-refractivity contribution in [3.8, 4) is 56.4 Å². The maximum absolute atomic E-state index is 15.8. The Morgan fingerprint density at radius 1 is 0.333 bits per heavy atom. The monoisotopic (exact) mass is 701 g/mol. The molecule has 0 saturated carbocycles. The molecule has 9 heteroatoms. The van der Waals surface area contributed by atoms with E-state index < -0.39 is 11.6 Å². The molecule has 0 radical (unpaired) electrons. The van der Waals surface area contributed by atoms with Gasteiger partial charge in [0.2, 0.25) is 0 Å². The van der Waals surface area contributed by atoms with Crippen LogP contribution in [0.5, 0.6) is 0 Å². The van der Waals surface area contributed by atoms with Gasteiger partial charge in [-0.25, -0.2) is 23.7 Å². The molecular weight excluding hydrogens is 677 g/mol. The van der Waals surface area contributed by atoms with Crippen LogP contribution in [0.1, 0.15) is 0 Å². The van der Waals surface area contributed by atoms with Gasteiger partial charge in [-0.05, 0) is 59.7 Å². The van der Waals surface area contributed by atoms with Gasteiger partial charge in [0.1, 0.15) is 11.6 Å². The fraction of sp³-hybridized carbons (Fsp3) is 0. The van der Waals surface area contributed by atoms with E-state index in [1.807, 2.05) is 91.0 Å². The molecule has 5 heterocycles. The van der Waals surface area contributed by atoms with Gasteiger partial charge in [-0.3, -0.25) is 19.9 Å². The van der Waals surface area contributed by atoms with E-state index in [2.05, 4.69) is 9.97 Å². The normalized spacial score (nSPS) is 11.5. The van der Waals surface area contributed by atoms with Crippen LogP contribution in [0.4, 0.5) is 8.78 Å². The minimum absolute atomic E-state index is 0.0682. The molecule has 5 aromatic carbocycles. The molecule has 0 amide bonds. The number of aromatic nitrogens is 7. The lowest BCUT2D eigenvalue weighted by Crippen LogP contribution is -2.03. The summed E-state index contributed by atoms with van der Waals surface area (Å²) in [4.78, 5) is 32.7. The first-order valence-corrected chi connectivity index (χ1v) is 17.2. The molecule has 0 aliphatic carbocycles. The van der Waals surface area contributed by atoms with Gasteiger partial charge in [-0.2, -0.15) is 0 Å². The topological polar surface area (TPSA) is 90.2 Å². The third kappa shape index (κ3) is 5.46. The van der Waals surface area contributed by atoms with E-state index in [0.717, 1.165) is 54.7 Å². The van der Waals surface area contributed by atoms with Crippen molar-refractivity contribution in [2.24, 2.45) is 0 Å². The Morgan fingerprint density at radius 2 is 0.796 bits per heavy atom. The van der Waals surface area contributed by atoms with Crippen molar-refractivity contribution in [1.82, 2.24) is 34.9 Å². The SMILES string of the molecule is Fc1ccc(-c2cnc3c(ccc4cccnc43)c2)cc1-c1nc(-c2ccccc2)nc(-c2cc(-c3cnc4c(ccc5cccnc54)c3)ccc2F)n1. The van der Waals surface area contributed by atoms with Crippen molar-refractivity contribution < 1.29 is 8.78 Å². The quantitative estimate of drug-likeness (QED) is 0.165. The summed E-state index contributed by atoms with van der Waals surface area (Å²) in [7, 11) is 0. The van der Waals surface area contributed by atoms with Gasteiger partial charge in [-0.1, -0.05) is 78.9 Å². The summed E-state index contributed by atoms with van der Waals surface area (Å²) in [5.41, 5.74) is 7.13. The largest absolute Gasteiger partial charge is 0.254 e. The number of hydrogen-bond acceptors (Lipinski definition) is 7. The van der Waals surface area contributed by atoms with Gasteiger partial charge < -0.3 is 0 Å². The zero-order valence-electron chi connectivity index (χ0n) is 28.3. The highest BCUT2D eigenvalue weighted by molar-refractivity contribution is 6.04. The van der Waals surface area contributed by atoms with Crippen LogP contribution < -0.4 is 0 Å². The van der Waals surface area contributed by atoms with Crippen LogP contribution in [0.3, 0.4) is 0 Å². The number of nitrogens with zero attached hydrogens (tertiary/aromatic N) is 7. The molecule has 5 aromatic heterocycles. The summed E-state index contributed by atoms with van der Waals surface area (Å²) < 4.78 is 31.7. The Labute approximate surface area is 306 Å². The molecule has 254 valence electrons. The van der Waals surface area contributed by atoms with E-state index in [9.17, 15) is 0 Å². The van der Waals surface area contributed by atoms with Crippen LogP contribution in [0.15, 0.2) is 152 Å². The van der Waals surface area contributed by atoms with Crippen molar-refractivity contribution >= 4 is 43.6 Å². The molecule has 0 unspecified atom stereocenters. The lowest BCUT2D eigenvalue weighted by Gasteiger charge is -2.12. The van der Waals surface area contributed by atoms with Crippen LogP contribution in [-0.4, -0.2) is 34.9 Å². The summed E-state index contributed by atoms with van der Waals surface area (Å²) in [6, 6.07) is 38.6. The highest BCUT2D eigenvalue weighted by Crippen LogP contribution is 2.34. The summed E-state index contributed by atoms with van der Waals surface area (Å²) in [5.74, 6) is -0.643. The van der Waals surface area contributed by atoms with Gasteiger partial charge in [-0.15, -0.1) is 0 Å². The first kappa shape index (κ1) is 31.4. The lowest BCUT2D eigenvalue weighted by molar-refractivity contribution is 0.628. The fourth-order valence-electron chi connectivity index (χ4n) is 6.87. The molecule has 0 fully saturated rings. The maximum atomic E-state index is 15.8. The fourth-order valence-corrected chi connectivity index (χ4v) is 6.87. The second-order valence-corrected chi connectivity index (χ2v) is 12.9. The third-order valence-corrected chi connectivity index (χ3v) is 9.59. The first-order valence-electron chi connectivity index (χ1n) is 17.2. The molecule has 0 atom stereocenters. The van der Waals surface area contributed by atoms with E-state index in [4.69, 9.17) is 24.9 Å². The summed E-state index contributed by atoms with van der Waals surface area (Å²) >= 11 is 0. The highest BCUT2D eigenvalue weighted by atomic mass is 19.1. The van der Waals surface area contributed by atoms with E-state index in [-0.39, 0.29) is 28.6 Å². The number of pyridine rings is 4. The van der Waals surface area contributed by atoms with Crippen molar-refractivity contribution in [1.29, 1.82) is 0 Å². The zero-order valence-corrected chi connectivity index (χ0v) is 28.3. The second kappa shape index (κ2) is 12.7. The zero-order chi connectivity index (χ0) is 36.2. The second-order valence-electron chi connectivity index (χ2n) is 12.9. The number of hydrogen-bond donors (Lipinski definition) is 0. The van der Waals surface area contributed by atoms with Crippen molar-refractivity contribution in [2.75, 3.05) is 0 Å². The number of rotatable bonds is 5. The average Bonchev–Trinajstić information content (AvgIpc) is 3.23. The number of halogens is 2. The molecule has 0 aliphatic heterocycles. The molecule has 0 bridgehead atoms. The van der Waals surface area contributed by atoms with Crippen LogP contribution >= 0.6 is 0 Å². The summed E-state index contributed by atoms with van der Waals surface area (Å²) in [6.45, 7) is 0. The lowest BCUT2D eigenvalue weighted by atomic mass is 10.0. The predicted molar refractivity (Wildman–Crippen MR) is 208 cm³/mol. The van der Waals surface area contributed by atoms with Gasteiger partial charge in [0.05, 0.1) is 33.2 Å². The van der Waals surface area contributed by atoms with E-state index in [0.29, 0.717) is 16.7 Å². The first-order chi connectivity index (χ1) is 26.6. The molecule has 0 saturated heterocycles. The molecule has 0 aliphatic rings. The number of fused-ring (bicyclic) bond motifs is 6. The molecule has 54 heavy (non-hydrogen) atoms. The number of benzene rings is 5. The van der Waals surface area contributed by atoms with Crippen molar-refractivity contribution in [2.45, 2.75) is 0 Å². The standard InChI is InChI=1S/C45H25F2N7/c46-37-16-14-29(33-20-31-12-10-26-8-4-18-48-39(26)41(31)50-24-33)22-35(37)44-52-43(28-6-2-1-3-7-28)53-45(54-44)36-23-30(15-17-38(36)47)34-21-32-13-11-27-9-5-19-49-40(27)42(32)51-25-34/h1-25H. The Morgan fingerprint density at radius 3 is 1.31 bits per heavy atom. The van der Waals surface area contributed by atoms with Gasteiger partial charge in [0, 0.05) is 63.0 Å². The highest BCUT2D eigenvalue weighted by Gasteiger charge is 2.19. The van der Waals surface area contributed by atoms with Gasteiger partial charge in [0.25, 0.3) is 0 Å². The Bertz CT molecular complexity index is 2910. The van der Waals surface area contributed by atoms with Crippen molar-refractivity contribution in [3.05, 3.63) is 164 Å². The minimum atomic E-state index is -0.530. The third-order valence-electron chi connectivity index (χ3n) is 9.59. The predicted octanol–water partition coefficient (Wildman–Crippen LogP) is 10.7. The summed E-state index contributed by atoms with van der Waals surface area (Å²) in [5, 5.41) is 3.80. The van der Waals surface area contributed by atoms with Gasteiger partial charge in [0.15, 0.2) is 17.5 Å². The Hall–Kier alpha value is -7.39. The smallest absolute Gasteiger partial charge is 0.167 e. The molecule has 10 aromatic rings. The molecule has 7 nitrogen and oxygen atoms in total. The minimum Gasteiger partial charge on any atom is -0.254 e. The summed E-state index contributed by atoms with van der Waals surface area (Å²) in [6.07, 6.45) is 7.00. The van der Waals surface area contributed by atoms with Crippen LogP contribution in [-0.2, 0) is 0 Å². The van der Waals surface area contributed by atoms with E-state index in [1.54, 1.807) is 49.1 Å². The van der Waals surface area contributed by atoms with Crippen molar-refractivity contribution in [3.63, 3.8) is 0 Å². The Kier molecular flexibility index (Phi) is 7.36. The van der Waals surface area contributed by atoms with Crippen LogP contribution in [0.25, 0.3) is 100 Å². The maximum Gasteiger partial charge on any atom is 0.167 e. The average molecular weight is 702 g/mol. The molecular formula is C45H25F2N7. The van der Waals surface area contributed by atoms with Crippen LogP contribution in [0, 0.1) is 11.6 Å². The van der Waals surface area contributed by atoms with E-state index in [1.165, 1.54) is 12.1 Å². The molecule has 0 N–H and O–H groups in total. The van der Waals surface area contributed by atoms with Crippen LogP contribution in [0.2, 0.25) is 0 Å².